The van der Waals surface area contributed by atoms with Crippen molar-refractivity contribution in [2.45, 2.75) is 39.5 Å². The first-order valence-corrected chi connectivity index (χ1v) is 6.53. The van der Waals surface area contributed by atoms with Gasteiger partial charge in [0.05, 0.1) is 11.1 Å². The summed E-state index contributed by atoms with van der Waals surface area (Å²) >= 11 is 0. The van der Waals surface area contributed by atoms with Gasteiger partial charge in [0.15, 0.2) is 0 Å². The Morgan fingerprint density at radius 3 is 2.72 bits per heavy atom. The lowest BCUT2D eigenvalue weighted by Crippen LogP contribution is -1.99. The summed E-state index contributed by atoms with van der Waals surface area (Å²) in [7, 11) is 0. The largest absolute Gasteiger partial charge is 0.478 e. The maximum atomic E-state index is 11.3. The lowest BCUT2D eigenvalue weighted by molar-refractivity contribution is 0.0698. The molecule has 3 heteroatoms. The van der Waals surface area contributed by atoms with Gasteiger partial charge in [-0.25, -0.2) is 4.79 Å². The fourth-order valence-corrected chi connectivity index (χ4v) is 2.29. The van der Waals surface area contributed by atoms with Crippen molar-refractivity contribution in [2.75, 3.05) is 0 Å². The van der Waals surface area contributed by atoms with Gasteiger partial charge in [-0.05, 0) is 42.5 Å². The predicted octanol–water partition coefficient (Wildman–Crippen LogP) is 3.77. The minimum atomic E-state index is -0.862. The number of aromatic carboxylic acids is 1. The molecule has 0 unspecified atom stereocenters. The zero-order valence-corrected chi connectivity index (χ0v) is 10.9. The number of H-pyrrole nitrogens is 1. The lowest BCUT2D eigenvalue weighted by atomic mass is 10.0. The van der Waals surface area contributed by atoms with Gasteiger partial charge in [-0.2, -0.15) is 0 Å². The van der Waals surface area contributed by atoms with Crippen LogP contribution in [0, 0.1) is 0 Å². The number of rotatable bonds is 5. The van der Waals surface area contributed by atoms with Gasteiger partial charge >= 0.3 is 5.97 Å². The first-order chi connectivity index (χ1) is 8.67. The van der Waals surface area contributed by atoms with Crippen molar-refractivity contribution < 1.29 is 9.90 Å². The number of benzene rings is 1. The summed E-state index contributed by atoms with van der Waals surface area (Å²) in [5.41, 5.74) is 3.44. The van der Waals surface area contributed by atoms with Crippen molar-refractivity contribution in [3.8, 4) is 0 Å². The molecule has 0 fully saturated rings. The Hall–Kier alpha value is -1.77. The van der Waals surface area contributed by atoms with E-state index in [1.54, 1.807) is 6.07 Å². The number of carboxylic acids is 1. The molecule has 0 radical (unpaired) electrons. The van der Waals surface area contributed by atoms with E-state index in [2.05, 4.69) is 18.0 Å². The minimum absolute atomic E-state index is 0.382. The van der Waals surface area contributed by atoms with Gasteiger partial charge in [-0.1, -0.05) is 20.3 Å². The summed E-state index contributed by atoms with van der Waals surface area (Å²) in [6.45, 7) is 4.21. The first kappa shape index (κ1) is 12.7. The second-order valence-electron chi connectivity index (χ2n) is 4.64. The number of carboxylic acid groups (broad SMARTS) is 1. The molecule has 0 spiro atoms. The third kappa shape index (κ3) is 2.26. The molecule has 1 aromatic carbocycles. The van der Waals surface area contributed by atoms with E-state index < -0.39 is 5.97 Å². The van der Waals surface area contributed by atoms with Crippen LogP contribution in [0.4, 0.5) is 0 Å². The van der Waals surface area contributed by atoms with Crippen LogP contribution in [0.3, 0.4) is 0 Å². The summed E-state index contributed by atoms with van der Waals surface area (Å²) in [4.78, 5) is 14.4. The Kier molecular flexibility index (Phi) is 3.70. The molecule has 0 bridgehead atoms. The second kappa shape index (κ2) is 5.25. The third-order valence-electron chi connectivity index (χ3n) is 3.37. The Balaban J connectivity index is 2.57. The van der Waals surface area contributed by atoms with E-state index in [1.165, 1.54) is 5.56 Å². The number of aromatic nitrogens is 1. The van der Waals surface area contributed by atoms with Crippen molar-refractivity contribution in [2.24, 2.45) is 0 Å². The number of fused-ring (bicyclic) bond motifs is 1. The molecule has 0 amide bonds. The van der Waals surface area contributed by atoms with Gasteiger partial charge < -0.3 is 10.1 Å². The Bertz CT molecular complexity index is 569. The van der Waals surface area contributed by atoms with Crippen LogP contribution in [0.5, 0.6) is 0 Å². The zero-order valence-electron chi connectivity index (χ0n) is 10.9. The maximum absolute atomic E-state index is 11.3. The number of hydrogen-bond donors (Lipinski definition) is 2. The fraction of sp³-hybridized carbons (Fsp3) is 0.400. The molecule has 0 aliphatic rings. The maximum Gasteiger partial charge on any atom is 0.337 e. The van der Waals surface area contributed by atoms with E-state index in [4.69, 9.17) is 0 Å². The van der Waals surface area contributed by atoms with E-state index in [9.17, 15) is 9.90 Å². The van der Waals surface area contributed by atoms with Crippen LogP contribution in [-0.2, 0) is 12.8 Å². The smallest absolute Gasteiger partial charge is 0.337 e. The average molecular weight is 245 g/mol. The van der Waals surface area contributed by atoms with E-state index >= 15 is 0 Å². The predicted molar refractivity (Wildman–Crippen MR) is 73.2 cm³/mol. The summed E-state index contributed by atoms with van der Waals surface area (Å²) in [5.74, 6) is -0.862. The number of aryl methyl sites for hydroxylation is 2. The van der Waals surface area contributed by atoms with Crippen LogP contribution in [0.25, 0.3) is 10.9 Å². The van der Waals surface area contributed by atoms with E-state index in [1.807, 2.05) is 13.1 Å². The van der Waals surface area contributed by atoms with E-state index in [0.29, 0.717) is 5.56 Å². The molecule has 3 nitrogen and oxygen atoms in total. The molecule has 2 rings (SSSR count). The Morgan fingerprint density at radius 2 is 2.11 bits per heavy atom. The SMILES string of the molecule is CCCCc1c[nH]c2c(C(=O)O)cc(CC)cc12. The number of nitrogens with one attached hydrogen (secondary N) is 1. The number of carbonyl (C=O) groups is 1. The molecule has 0 saturated heterocycles. The topological polar surface area (TPSA) is 53.1 Å². The lowest BCUT2D eigenvalue weighted by Gasteiger charge is -2.04. The third-order valence-corrected chi connectivity index (χ3v) is 3.37. The first-order valence-electron chi connectivity index (χ1n) is 6.53. The van der Waals surface area contributed by atoms with Crippen molar-refractivity contribution in [3.63, 3.8) is 0 Å². The highest BCUT2D eigenvalue weighted by Gasteiger charge is 2.13. The molecule has 0 aliphatic heterocycles. The summed E-state index contributed by atoms with van der Waals surface area (Å²) in [5, 5.41) is 10.3. The van der Waals surface area contributed by atoms with Crippen LogP contribution in [0.1, 0.15) is 48.2 Å². The minimum Gasteiger partial charge on any atom is -0.478 e. The molecule has 2 aromatic rings. The zero-order chi connectivity index (χ0) is 13.1. The van der Waals surface area contributed by atoms with Gasteiger partial charge in [0.1, 0.15) is 0 Å². The molecule has 1 heterocycles. The van der Waals surface area contributed by atoms with E-state index in [-0.39, 0.29) is 0 Å². The molecule has 0 aliphatic carbocycles. The molecule has 0 atom stereocenters. The standard InChI is InChI=1S/C15H19NO2/c1-3-5-6-11-9-16-14-12(11)7-10(4-2)8-13(14)15(17)18/h7-9,16H,3-6H2,1-2H3,(H,17,18). The van der Waals surface area contributed by atoms with Crippen LogP contribution in [0.2, 0.25) is 0 Å². The molecule has 0 saturated carbocycles. The summed E-state index contributed by atoms with van der Waals surface area (Å²) in [6.07, 6.45) is 6.08. The van der Waals surface area contributed by atoms with E-state index in [0.717, 1.165) is 42.1 Å². The highest BCUT2D eigenvalue weighted by Crippen LogP contribution is 2.25. The van der Waals surface area contributed by atoms with Crippen LogP contribution < -0.4 is 0 Å². The molecule has 18 heavy (non-hydrogen) atoms. The summed E-state index contributed by atoms with van der Waals surface area (Å²) < 4.78 is 0. The van der Waals surface area contributed by atoms with Gasteiger partial charge in [0.2, 0.25) is 0 Å². The van der Waals surface area contributed by atoms with Gasteiger partial charge in [-0.15, -0.1) is 0 Å². The highest BCUT2D eigenvalue weighted by molar-refractivity contribution is 6.03. The van der Waals surface area contributed by atoms with Crippen molar-refractivity contribution in [1.29, 1.82) is 0 Å². The van der Waals surface area contributed by atoms with Crippen LogP contribution >= 0.6 is 0 Å². The molecule has 2 N–H and O–H groups in total. The monoisotopic (exact) mass is 245 g/mol. The summed E-state index contributed by atoms with van der Waals surface area (Å²) in [6, 6.07) is 3.88. The number of aromatic amines is 1. The Morgan fingerprint density at radius 1 is 1.33 bits per heavy atom. The molecular weight excluding hydrogens is 226 g/mol. The van der Waals surface area contributed by atoms with Gasteiger partial charge in [0, 0.05) is 11.6 Å². The Labute approximate surface area is 107 Å². The highest BCUT2D eigenvalue weighted by atomic mass is 16.4. The second-order valence-corrected chi connectivity index (χ2v) is 4.64. The molecule has 1 aromatic heterocycles. The molecular formula is C15H19NO2. The van der Waals surface area contributed by atoms with Crippen molar-refractivity contribution >= 4 is 16.9 Å². The number of hydrogen-bond acceptors (Lipinski definition) is 1. The van der Waals surface area contributed by atoms with Crippen LogP contribution in [-0.4, -0.2) is 16.1 Å². The van der Waals surface area contributed by atoms with Crippen molar-refractivity contribution in [3.05, 3.63) is 35.0 Å². The van der Waals surface area contributed by atoms with Crippen molar-refractivity contribution in [1.82, 2.24) is 4.98 Å². The normalized spacial score (nSPS) is 11.0. The van der Waals surface area contributed by atoms with Crippen LogP contribution in [0.15, 0.2) is 18.3 Å². The average Bonchev–Trinajstić information content (AvgIpc) is 2.77. The van der Waals surface area contributed by atoms with Gasteiger partial charge in [-0.3, -0.25) is 0 Å². The van der Waals surface area contributed by atoms with Gasteiger partial charge in [0.25, 0.3) is 0 Å². The quantitative estimate of drug-likeness (QED) is 0.842. The number of unbranched alkanes of at least 4 members (excludes halogenated alkanes) is 1. The fourth-order valence-electron chi connectivity index (χ4n) is 2.29. The molecule has 96 valence electrons.